The van der Waals surface area contributed by atoms with E-state index < -0.39 is 5.97 Å². The third kappa shape index (κ3) is 4.55. The number of hydrogen-bond donors (Lipinski definition) is 2. The van der Waals surface area contributed by atoms with E-state index in [4.69, 9.17) is 5.11 Å². The van der Waals surface area contributed by atoms with Gasteiger partial charge < -0.3 is 10.4 Å². The van der Waals surface area contributed by atoms with Crippen LogP contribution in [0.25, 0.3) is 0 Å². The molecule has 0 bridgehead atoms. The molecule has 1 rings (SSSR count). The van der Waals surface area contributed by atoms with Crippen molar-refractivity contribution in [2.75, 3.05) is 5.75 Å². The monoisotopic (exact) mass is 231 g/mol. The normalized spacial score (nSPS) is 22.3. The molecule has 0 aromatic carbocycles. The first kappa shape index (κ1) is 12.4. The number of carbonyl (C=O) groups is 2. The number of aliphatic carboxylic acids is 1. The summed E-state index contributed by atoms with van der Waals surface area (Å²) in [5.41, 5.74) is 0. The third-order valence-electron chi connectivity index (χ3n) is 2.40. The molecule has 4 nitrogen and oxygen atoms in total. The van der Waals surface area contributed by atoms with Crippen molar-refractivity contribution >= 4 is 23.6 Å². The molecular weight excluding hydrogens is 214 g/mol. The van der Waals surface area contributed by atoms with Crippen LogP contribution < -0.4 is 5.32 Å². The molecule has 0 saturated carbocycles. The Hall–Kier alpha value is -0.710. The van der Waals surface area contributed by atoms with Crippen molar-refractivity contribution in [3.05, 3.63) is 0 Å². The van der Waals surface area contributed by atoms with E-state index in [0.717, 1.165) is 18.6 Å². The second-order valence-electron chi connectivity index (χ2n) is 3.84. The van der Waals surface area contributed by atoms with Gasteiger partial charge in [-0.1, -0.05) is 0 Å². The van der Waals surface area contributed by atoms with E-state index in [1.54, 1.807) is 11.8 Å². The highest BCUT2D eigenvalue weighted by Crippen LogP contribution is 2.26. The molecule has 1 saturated heterocycles. The number of carboxylic acid groups (broad SMARTS) is 1. The lowest BCUT2D eigenvalue weighted by Gasteiger charge is -2.15. The van der Waals surface area contributed by atoms with E-state index in [2.05, 4.69) is 5.32 Å². The van der Waals surface area contributed by atoms with Gasteiger partial charge in [0.15, 0.2) is 0 Å². The highest BCUT2D eigenvalue weighted by atomic mass is 32.2. The van der Waals surface area contributed by atoms with E-state index in [1.165, 1.54) is 0 Å². The topological polar surface area (TPSA) is 66.4 Å². The summed E-state index contributed by atoms with van der Waals surface area (Å²) in [6.07, 6.45) is 2.66. The predicted octanol–water partition coefficient (Wildman–Crippen LogP) is 1.25. The number of rotatable bonds is 5. The quantitative estimate of drug-likeness (QED) is 0.747. The fourth-order valence-electron chi connectivity index (χ4n) is 1.53. The molecular formula is C10H17NO3S. The standard InChI is InChI=1S/C10H17NO3S/c1-7(4-5-9(12)13)11-10(14)8-3-2-6-15-8/h7-8H,2-6H2,1H3,(H,11,14)(H,12,13). The number of carboxylic acids is 1. The van der Waals surface area contributed by atoms with Crippen LogP contribution in [0.1, 0.15) is 32.6 Å². The minimum atomic E-state index is -0.814. The predicted molar refractivity (Wildman–Crippen MR) is 60.0 cm³/mol. The average molecular weight is 231 g/mol. The molecule has 1 aliphatic rings. The molecule has 15 heavy (non-hydrogen) atoms. The smallest absolute Gasteiger partial charge is 0.303 e. The Morgan fingerprint density at radius 3 is 2.87 bits per heavy atom. The zero-order valence-corrected chi connectivity index (χ0v) is 9.68. The molecule has 2 atom stereocenters. The second-order valence-corrected chi connectivity index (χ2v) is 5.15. The molecule has 1 amide bonds. The maximum Gasteiger partial charge on any atom is 0.303 e. The lowest BCUT2D eigenvalue weighted by atomic mass is 10.1. The van der Waals surface area contributed by atoms with E-state index in [1.807, 2.05) is 6.92 Å². The fourth-order valence-corrected chi connectivity index (χ4v) is 2.70. The van der Waals surface area contributed by atoms with Crippen molar-refractivity contribution in [2.24, 2.45) is 0 Å². The van der Waals surface area contributed by atoms with E-state index in [-0.39, 0.29) is 23.6 Å². The first-order valence-corrected chi connectivity index (χ1v) is 6.28. The first-order valence-electron chi connectivity index (χ1n) is 5.23. The van der Waals surface area contributed by atoms with Crippen LogP contribution in [-0.4, -0.2) is 34.0 Å². The maximum atomic E-state index is 11.6. The van der Waals surface area contributed by atoms with Gasteiger partial charge in [-0.2, -0.15) is 0 Å². The molecule has 86 valence electrons. The summed E-state index contributed by atoms with van der Waals surface area (Å²) in [5.74, 6) is 0.309. The minimum Gasteiger partial charge on any atom is -0.481 e. The van der Waals surface area contributed by atoms with Crippen LogP contribution >= 0.6 is 11.8 Å². The Morgan fingerprint density at radius 1 is 1.60 bits per heavy atom. The Labute approximate surface area is 93.8 Å². The van der Waals surface area contributed by atoms with Crippen LogP contribution in [0, 0.1) is 0 Å². The van der Waals surface area contributed by atoms with Gasteiger partial charge in [0.05, 0.1) is 5.25 Å². The number of amides is 1. The van der Waals surface area contributed by atoms with Crippen LogP contribution in [0.15, 0.2) is 0 Å². The van der Waals surface area contributed by atoms with E-state index in [9.17, 15) is 9.59 Å². The van der Waals surface area contributed by atoms with Crippen LogP contribution in [0.2, 0.25) is 0 Å². The summed E-state index contributed by atoms with van der Waals surface area (Å²) < 4.78 is 0. The Kier molecular flexibility index (Phi) is 4.94. The number of thioether (sulfide) groups is 1. The van der Waals surface area contributed by atoms with Gasteiger partial charge in [-0.3, -0.25) is 9.59 Å². The summed E-state index contributed by atoms with van der Waals surface area (Å²) >= 11 is 1.69. The molecule has 1 aliphatic heterocycles. The van der Waals surface area contributed by atoms with Gasteiger partial charge in [0.2, 0.25) is 5.91 Å². The Morgan fingerprint density at radius 2 is 2.33 bits per heavy atom. The number of carbonyl (C=O) groups excluding carboxylic acids is 1. The zero-order chi connectivity index (χ0) is 11.3. The average Bonchev–Trinajstić information content (AvgIpc) is 2.67. The van der Waals surface area contributed by atoms with Crippen molar-refractivity contribution in [3.8, 4) is 0 Å². The van der Waals surface area contributed by atoms with Crippen LogP contribution in [0.5, 0.6) is 0 Å². The second kappa shape index (κ2) is 6.00. The molecule has 2 N–H and O–H groups in total. The fraction of sp³-hybridized carbons (Fsp3) is 0.800. The molecule has 0 radical (unpaired) electrons. The molecule has 1 fully saturated rings. The molecule has 0 spiro atoms. The van der Waals surface area contributed by atoms with Gasteiger partial charge in [0, 0.05) is 12.5 Å². The summed E-state index contributed by atoms with van der Waals surface area (Å²) in [6.45, 7) is 1.85. The third-order valence-corrected chi connectivity index (χ3v) is 3.78. The van der Waals surface area contributed by atoms with Crippen molar-refractivity contribution in [2.45, 2.75) is 43.9 Å². The molecule has 5 heteroatoms. The minimum absolute atomic E-state index is 0.0465. The largest absolute Gasteiger partial charge is 0.481 e. The lowest BCUT2D eigenvalue weighted by molar-refractivity contribution is -0.137. The molecule has 2 unspecified atom stereocenters. The van der Waals surface area contributed by atoms with E-state index >= 15 is 0 Å². The highest BCUT2D eigenvalue weighted by molar-refractivity contribution is 8.00. The van der Waals surface area contributed by atoms with Crippen molar-refractivity contribution in [1.29, 1.82) is 0 Å². The van der Waals surface area contributed by atoms with Crippen molar-refractivity contribution in [3.63, 3.8) is 0 Å². The molecule has 0 aliphatic carbocycles. The van der Waals surface area contributed by atoms with Crippen LogP contribution in [-0.2, 0) is 9.59 Å². The van der Waals surface area contributed by atoms with Gasteiger partial charge >= 0.3 is 5.97 Å². The van der Waals surface area contributed by atoms with Crippen molar-refractivity contribution < 1.29 is 14.7 Å². The van der Waals surface area contributed by atoms with Gasteiger partial charge in [-0.05, 0) is 31.9 Å². The van der Waals surface area contributed by atoms with Gasteiger partial charge in [-0.15, -0.1) is 11.8 Å². The van der Waals surface area contributed by atoms with Crippen LogP contribution in [0.4, 0.5) is 0 Å². The zero-order valence-electron chi connectivity index (χ0n) is 8.86. The number of hydrogen-bond acceptors (Lipinski definition) is 3. The summed E-state index contributed by atoms with van der Waals surface area (Å²) in [5, 5.41) is 11.4. The first-order chi connectivity index (χ1) is 7.09. The van der Waals surface area contributed by atoms with Gasteiger partial charge in [-0.25, -0.2) is 0 Å². The van der Waals surface area contributed by atoms with Crippen molar-refractivity contribution in [1.82, 2.24) is 5.32 Å². The molecule has 0 aromatic heterocycles. The van der Waals surface area contributed by atoms with Gasteiger partial charge in [0.25, 0.3) is 0 Å². The SMILES string of the molecule is CC(CCC(=O)O)NC(=O)C1CCCS1. The van der Waals surface area contributed by atoms with Gasteiger partial charge in [0.1, 0.15) is 0 Å². The summed E-state index contributed by atoms with van der Waals surface area (Å²) in [6, 6.07) is -0.0465. The number of nitrogens with one attached hydrogen (secondary N) is 1. The van der Waals surface area contributed by atoms with E-state index in [0.29, 0.717) is 6.42 Å². The summed E-state index contributed by atoms with van der Waals surface area (Å²) in [4.78, 5) is 21.9. The Bertz CT molecular complexity index is 239. The highest BCUT2D eigenvalue weighted by Gasteiger charge is 2.24. The van der Waals surface area contributed by atoms with Crippen LogP contribution in [0.3, 0.4) is 0 Å². The molecule has 1 heterocycles. The lowest BCUT2D eigenvalue weighted by Crippen LogP contribution is -2.38. The Balaban J connectivity index is 2.21. The maximum absolute atomic E-state index is 11.6. The molecule has 0 aromatic rings. The summed E-state index contributed by atoms with van der Waals surface area (Å²) in [7, 11) is 0.